The van der Waals surface area contributed by atoms with Crippen molar-refractivity contribution < 1.29 is 13.2 Å². The predicted molar refractivity (Wildman–Crippen MR) is 75.6 cm³/mol. The lowest BCUT2D eigenvalue weighted by Crippen LogP contribution is -2.28. The summed E-state index contributed by atoms with van der Waals surface area (Å²) >= 11 is 9.26. The molecule has 0 unspecified atom stereocenters. The molecule has 0 aliphatic carbocycles. The molecule has 1 aromatic carbocycles. The van der Waals surface area contributed by atoms with E-state index in [9.17, 15) is 8.42 Å². The molecule has 1 aromatic rings. The monoisotopic (exact) mass is 355 g/mol. The van der Waals surface area contributed by atoms with Crippen molar-refractivity contribution in [2.24, 2.45) is 0 Å². The van der Waals surface area contributed by atoms with Crippen LogP contribution in [0.1, 0.15) is 12.5 Å². The molecule has 1 rings (SSSR count). The highest BCUT2D eigenvalue weighted by molar-refractivity contribution is 9.10. The normalized spacial score (nSPS) is 11.8. The van der Waals surface area contributed by atoms with Crippen molar-refractivity contribution in [3.05, 3.63) is 27.2 Å². The molecule has 0 bridgehead atoms. The SMILES string of the molecule is CCOCCNS(=O)(=O)c1ccc(Br)c(Cl)c1C. The number of hydrogen-bond acceptors (Lipinski definition) is 3. The fraction of sp³-hybridized carbons (Fsp3) is 0.455. The minimum Gasteiger partial charge on any atom is -0.380 e. The predicted octanol–water partition coefficient (Wildman–Crippen LogP) is 2.73. The number of sulfonamides is 1. The first-order valence-electron chi connectivity index (χ1n) is 5.42. The van der Waals surface area contributed by atoms with E-state index in [1.54, 1.807) is 13.0 Å². The van der Waals surface area contributed by atoms with Crippen LogP contribution in [-0.2, 0) is 14.8 Å². The average molecular weight is 357 g/mol. The molecule has 7 heteroatoms. The molecule has 0 atom stereocenters. The van der Waals surface area contributed by atoms with Crippen molar-refractivity contribution in [2.45, 2.75) is 18.7 Å². The maximum absolute atomic E-state index is 12.0. The van der Waals surface area contributed by atoms with Gasteiger partial charge in [0.1, 0.15) is 0 Å². The van der Waals surface area contributed by atoms with Gasteiger partial charge >= 0.3 is 0 Å². The lowest BCUT2D eigenvalue weighted by Gasteiger charge is -2.11. The Hall–Kier alpha value is -0.140. The van der Waals surface area contributed by atoms with E-state index in [1.165, 1.54) is 6.07 Å². The van der Waals surface area contributed by atoms with E-state index in [-0.39, 0.29) is 11.4 Å². The van der Waals surface area contributed by atoms with Crippen LogP contribution < -0.4 is 4.72 Å². The molecule has 0 spiro atoms. The Bertz CT molecular complexity index is 519. The summed E-state index contributed by atoms with van der Waals surface area (Å²) < 4.78 is 32.3. The van der Waals surface area contributed by atoms with E-state index in [2.05, 4.69) is 20.7 Å². The Kier molecular flexibility index (Phi) is 6.07. The Labute approximate surface area is 121 Å². The van der Waals surface area contributed by atoms with Crippen LogP contribution in [0.2, 0.25) is 5.02 Å². The van der Waals surface area contributed by atoms with Gasteiger partial charge in [-0.25, -0.2) is 13.1 Å². The molecule has 0 aromatic heterocycles. The second kappa shape index (κ2) is 6.86. The summed E-state index contributed by atoms with van der Waals surface area (Å²) in [5.74, 6) is 0. The first-order chi connectivity index (χ1) is 8.40. The minimum atomic E-state index is -3.55. The molecule has 0 fully saturated rings. The summed E-state index contributed by atoms with van der Waals surface area (Å²) in [5, 5.41) is 0.405. The van der Waals surface area contributed by atoms with Gasteiger partial charge in [0.15, 0.2) is 0 Å². The van der Waals surface area contributed by atoms with E-state index in [0.29, 0.717) is 28.3 Å². The largest absolute Gasteiger partial charge is 0.380 e. The zero-order valence-electron chi connectivity index (χ0n) is 10.2. The molecule has 0 aliphatic heterocycles. The standard InChI is InChI=1S/C11H15BrClNO3S/c1-3-17-7-6-14-18(15,16)10-5-4-9(12)11(13)8(10)2/h4-5,14H,3,6-7H2,1-2H3. The summed E-state index contributed by atoms with van der Waals surface area (Å²) in [4.78, 5) is 0.187. The van der Waals surface area contributed by atoms with E-state index in [1.807, 2.05) is 6.92 Å². The number of ether oxygens (including phenoxy) is 1. The third-order valence-corrected chi connectivity index (χ3v) is 5.30. The van der Waals surface area contributed by atoms with Gasteiger partial charge in [0.25, 0.3) is 0 Å². The van der Waals surface area contributed by atoms with Gasteiger partial charge < -0.3 is 4.74 Å². The van der Waals surface area contributed by atoms with Crippen LogP contribution in [0, 0.1) is 6.92 Å². The quantitative estimate of drug-likeness (QED) is 0.797. The smallest absolute Gasteiger partial charge is 0.240 e. The van der Waals surface area contributed by atoms with Crippen LogP contribution in [0.3, 0.4) is 0 Å². The highest BCUT2D eigenvalue weighted by Crippen LogP contribution is 2.30. The maximum atomic E-state index is 12.0. The molecular weight excluding hydrogens is 342 g/mol. The van der Waals surface area contributed by atoms with E-state index in [4.69, 9.17) is 16.3 Å². The number of benzene rings is 1. The van der Waals surface area contributed by atoms with Crippen molar-refractivity contribution >= 4 is 37.6 Å². The molecule has 1 N–H and O–H groups in total. The third-order valence-electron chi connectivity index (χ3n) is 2.32. The van der Waals surface area contributed by atoms with Gasteiger partial charge in [-0.1, -0.05) is 11.6 Å². The second-order valence-corrected chi connectivity index (χ2v) is 6.55. The van der Waals surface area contributed by atoms with E-state index < -0.39 is 10.0 Å². The summed E-state index contributed by atoms with van der Waals surface area (Å²) in [6.45, 7) is 4.67. The van der Waals surface area contributed by atoms with Crippen LogP contribution >= 0.6 is 27.5 Å². The third kappa shape index (κ3) is 3.93. The lowest BCUT2D eigenvalue weighted by atomic mass is 10.2. The van der Waals surface area contributed by atoms with Crippen LogP contribution in [-0.4, -0.2) is 28.2 Å². The topological polar surface area (TPSA) is 55.4 Å². The lowest BCUT2D eigenvalue weighted by molar-refractivity contribution is 0.153. The van der Waals surface area contributed by atoms with Crippen LogP contribution in [0.5, 0.6) is 0 Å². The van der Waals surface area contributed by atoms with Crippen LogP contribution in [0.25, 0.3) is 0 Å². The Morgan fingerprint density at radius 3 is 2.72 bits per heavy atom. The molecule has 0 aliphatic rings. The highest BCUT2D eigenvalue weighted by Gasteiger charge is 2.18. The molecule has 0 saturated carbocycles. The van der Waals surface area contributed by atoms with E-state index in [0.717, 1.165) is 0 Å². The zero-order chi connectivity index (χ0) is 13.8. The minimum absolute atomic E-state index is 0.187. The van der Waals surface area contributed by atoms with E-state index >= 15 is 0 Å². The van der Waals surface area contributed by atoms with Gasteiger partial charge in [0.05, 0.1) is 16.5 Å². The van der Waals surface area contributed by atoms with Crippen molar-refractivity contribution in [1.29, 1.82) is 0 Å². The fourth-order valence-electron chi connectivity index (χ4n) is 1.40. The molecule has 0 amide bonds. The van der Waals surface area contributed by atoms with Gasteiger partial charge in [-0.3, -0.25) is 0 Å². The van der Waals surface area contributed by atoms with Gasteiger partial charge in [-0.15, -0.1) is 0 Å². The molecule has 0 heterocycles. The number of nitrogens with one attached hydrogen (secondary N) is 1. The fourth-order valence-corrected chi connectivity index (χ4v) is 3.31. The molecule has 18 heavy (non-hydrogen) atoms. The highest BCUT2D eigenvalue weighted by atomic mass is 79.9. The first-order valence-corrected chi connectivity index (χ1v) is 8.07. The second-order valence-electron chi connectivity index (χ2n) is 3.58. The Balaban J connectivity index is 2.89. The number of hydrogen-bond donors (Lipinski definition) is 1. The van der Waals surface area contributed by atoms with Crippen LogP contribution in [0.15, 0.2) is 21.5 Å². The van der Waals surface area contributed by atoms with Crippen molar-refractivity contribution in [1.82, 2.24) is 4.72 Å². The summed E-state index contributed by atoms with van der Waals surface area (Å²) in [6.07, 6.45) is 0. The Morgan fingerprint density at radius 1 is 1.44 bits per heavy atom. The summed E-state index contributed by atoms with van der Waals surface area (Å²) in [5.41, 5.74) is 0.523. The van der Waals surface area contributed by atoms with Crippen molar-refractivity contribution in [3.8, 4) is 0 Å². The maximum Gasteiger partial charge on any atom is 0.240 e. The molecular formula is C11H15BrClNO3S. The summed E-state index contributed by atoms with van der Waals surface area (Å²) in [6, 6.07) is 3.14. The zero-order valence-corrected chi connectivity index (χ0v) is 13.3. The number of halogens is 2. The van der Waals surface area contributed by atoms with Crippen LogP contribution in [0.4, 0.5) is 0 Å². The van der Waals surface area contributed by atoms with Gasteiger partial charge in [-0.2, -0.15) is 0 Å². The Morgan fingerprint density at radius 2 is 2.11 bits per heavy atom. The first kappa shape index (κ1) is 15.9. The summed E-state index contributed by atoms with van der Waals surface area (Å²) in [7, 11) is -3.55. The van der Waals surface area contributed by atoms with Gasteiger partial charge in [0, 0.05) is 17.6 Å². The van der Waals surface area contributed by atoms with Gasteiger partial charge in [0.2, 0.25) is 10.0 Å². The van der Waals surface area contributed by atoms with Crippen molar-refractivity contribution in [2.75, 3.05) is 19.8 Å². The molecule has 102 valence electrons. The molecule has 4 nitrogen and oxygen atoms in total. The number of rotatable bonds is 6. The molecule has 0 saturated heterocycles. The average Bonchev–Trinajstić information content (AvgIpc) is 2.31. The van der Waals surface area contributed by atoms with Crippen molar-refractivity contribution in [3.63, 3.8) is 0 Å². The molecule has 0 radical (unpaired) electrons. The van der Waals surface area contributed by atoms with Gasteiger partial charge in [-0.05, 0) is 47.5 Å².